The first-order valence-corrected chi connectivity index (χ1v) is 8.24. The molecule has 0 N–H and O–H groups in total. The Morgan fingerprint density at radius 3 is 2.39 bits per heavy atom. The van der Waals surface area contributed by atoms with Crippen LogP contribution in [0.1, 0.15) is 31.7 Å². The molecule has 116 valence electrons. The van der Waals surface area contributed by atoms with Gasteiger partial charge in [0, 0.05) is 5.92 Å². The third-order valence-electron chi connectivity index (χ3n) is 5.22. The minimum atomic E-state index is -0.507. The van der Waals surface area contributed by atoms with E-state index in [1.165, 1.54) is 0 Å². The van der Waals surface area contributed by atoms with E-state index in [1.807, 2.05) is 53.5 Å². The molecule has 3 heteroatoms. The fourth-order valence-electron chi connectivity index (χ4n) is 4.17. The molecule has 2 atom stereocenters. The maximum atomic E-state index is 12.7. The highest BCUT2D eigenvalue weighted by Gasteiger charge is 2.57. The smallest absolute Gasteiger partial charge is 0.158 e. The highest BCUT2D eigenvalue weighted by atomic mass is 16.1. The molecule has 3 nitrogen and oxygen atoms in total. The van der Waals surface area contributed by atoms with Gasteiger partial charge in [-0.15, -0.1) is 0 Å². The van der Waals surface area contributed by atoms with E-state index in [4.69, 9.17) is 5.10 Å². The Morgan fingerprint density at radius 1 is 1.09 bits per heavy atom. The van der Waals surface area contributed by atoms with Gasteiger partial charge in [0.25, 0.3) is 0 Å². The molecule has 0 saturated heterocycles. The summed E-state index contributed by atoms with van der Waals surface area (Å²) in [4.78, 5) is 12.7. The number of rotatable bonds is 3. The molecule has 0 unspecified atom stereocenters. The third-order valence-corrected chi connectivity index (χ3v) is 5.22. The molecule has 1 aliphatic heterocycles. The van der Waals surface area contributed by atoms with Crippen LogP contribution in [-0.2, 0) is 4.79 Å². The molecule has 4 rings (SSSR count). The van der Waals surface area contributed by atoms with Crippen molar-refractivity contribution in [3.8, 4) is 0 Å². The minimum Gasteiger partial charge on any atom is -0.297 e. The molecule has 0 amide bonds. The predicted molar refractivity (Wildman–Crippen MR) is 92.7 cm³/mol. The van der Waals surface area contributed by atoms with E-state index in [9.17, 15) is 4.79 Å². The van der Waals surface area contributed by atoms with Gasteiger partial charge in [-0.1, -0.05) is 48.5 Å². The molecule has 0 aromatic heterocycles. The topological polar surface area (TPSA) is 32.7 Å². The van der Waals surface area contributed by atoms with Gasteiger partial charge in [0.05, 0.1) is 11.4 Å². The van der Waals surface area contributed by atoms with Crippen LogP contribution in [0.2, 0.25) is 0 Å². The maximum Gasteiger partial charge on any atom is 0.158 e. The monoisotopic (exact) mass is 304 g/mol. The fourth-order valence-corrected chi connectivity index (χ4v) is 4.17. The van der Waals surface area contributed by atoms with Crippen molar-refractivity contribution in [2.24, 2.45) is 11.0 Å². The summed E-state index contributed by atoms with van der Waals surface area (Å²) in [6.07, 6.45) is 2.97. The number of fused-ring (bicyclic) bond motifs is 1. The largest absolute Gasteiger partial charge is 0.297 e. The molecule has 1 saturated carbocycles. The second kappa shape index (κ2) is 5.34. The van der Waals surface area contributed by atoms with Crippen molar-refractivity contribution in [2.45, 2.75) is 31.7 Å². The van der Waals surface area contributed by atoms with Crippen molar-refractivity contribution in [1.82, 2.24) is 0 Å². The summed E-state index contributed by atoms with van der Waals surface area (Å²) in [6.45, 7) is 1.72. The fraction of sp³-hybridized carbons (Fsp3) is 0.300. The molecular formula is C20H20N2O. The second-order valence-electron chi connectivity index (χ2n) is 6.42. The lowest BCUT2D eigenvalue weighted by molar-refractivity contribution is -0.122. The summed E-state index contributed by atoms with van der Waals surface area (Å²) in [5.41, 5.74) is 2.68. The third kappa shape index (κ3) is 2.03. The Morgan fingerprint density at radius 2 is 1.74 bits per heavy atom. The highest BCUT2D eigenvalue weighted by Crippen LogP contribution is 2.49. The van der Waals surface area contributed by atoms with Crippen LogP contribution in [0.25, 0.3) is 0 Å². The summed E-state index contributed by atoms with van der Waals surface area (Å²) in [6, 6.07) is 20.4. The van der Waals surface area contributed by atoms with Gasteiger partial charge in [0.1, 0.15) is 5.54 Å². The number of hydrogen-bond acceptors (Lipinski definition) is 3. The van der Waals surface area contributed by atoms with Gasteiger partial charge in [0.2, 0.25) is 0 Å². The van der Waals surface area contributed by atoms with E-state index in [0.29, 0.717) is 0 Å². The van der Waals surface area contributed by atoms with Crippen LogP contribution in [-0.4, -0.2) is 17.0 Å². The molecule has 23 heavy (non-hydrogen) atoms. The summed E-state index contributed by atoms with van der Waals surface area (Å²) in [7, 11) is 0. The number of carbonyl (C=O) groups excluding carboxylic acids is 1. The van der Waals surface area contributed by atoms with Crippen molar-refractivity contribution in [2.75, 3.05) is 5.01 Å². The number of hydrogen-bond donors (Lipinski definition) is 0. The normalized spacial score (nSPS) is 26.0. The number of anilines is 1. The molecule has 0 radical (unpaired) electrons. The maximum absolute atomic E-state index is 12.7. The number of hydrazone groups is 1. The average Bonchev–Trinajstić information content (AvgIpc) is 3.15. The zero-order valence-electron chi connectivity index (χ0n) is 13.3. The van der Waals surface area contributed by atoms with Gasteiger partial charge in [0.15, 0.2) is 5.78 Å². The van der Waals surface area contributed by atoms with Crippen LogP contribution in [0.15, 0.2) is 65.8 Å². The molecule has 1 heterocycles. The Kier molecular flexibility index (Phi) is 3.29. The second-order valence-corrected chi connectivity index (χ2v) is 6.42. The Hall–Kier alpha value is -2.42. The molecule has 2 aromatic carbocycles. The van der Waals surface area contributed by atoms with E-state index < -0.39 is 5.54 Å². The summed E-state index contributed by atoms with van der Waals surface area (Å²) in [5.74, 6) is 0.404. The van der Waals surface area contributed by atoms with Crippen molar-refractivity contribution in [3.05, 3.63) is 66.2 Å². The van der Waals surface area contributed by atoms with Gasteiger partial charge >= 0.3 is 0 Å². The first kappa shape index (κ1) is 14.2. The summed E-state index contributed by atoms with van der Waals surface area (Å²) < 4.78 is 0. The van der Waals surface area contributed by atoms with E-state index in [2.05, 4.69) is 12.1 Å². The predicted octanol–water partition coefficient (Wildman–Crippen LogP) is 4.04. The van der Waals surface area contributed by atoms with Gasteiger partial charge in [-0.25, -0.2) is 0 Å². The number of carbonyl (C=O) groups is 1. The van der Waals surface area contributed by atoms with Crippen molar-refractivity contribution in [1.29, 1.82) is 0 Å². The first-order valence-electron chi connectivity index (χ1n) is 8.24. The molecule has 0 spiro atoms. The van der Waals surface area contributed by atoms with Crippen LogP contribution in [0, 0.1) is 5.92 Å². The molecule has 1 aliphatic carbocycles. The van der Waals surface area contributed by atoms with Gasteiger partial charge in [-0.05, 0) is 43.9 Å². The highest BCUT2D eigenvalue weighted by molar-refractivity contribution is 6.11. The standard InChI is InChI=1S/C20H20N2O/c1-15(23)20-14-8-13-18(20)19(16-9-4-2-5-10-16)21-22(20)17-11-6-3-7-12-17/h2-7,9-12,18H,8,13-14H2,1H3/t18-,20+/m0/s1. The molecular weight excluding hydrogens is 284 g/mol. The van der Waals surface area contributed by atoms with Crippen molar-refractivity contribution >= 4 is 17.2 Å². The van der Waals surface area contributed by atoms with Gasteiger partial charge in [-0.2, -0.15) is 5.10 Å². The van der Waals surface area contributed by atoms with Crippen LogP contribution < -0.4 is 5.01 Å². The minimum absolute atomic E-state index is 0.183. The van der Waals surface area contributed by atoms with E-state index >= 15 is 0 Å². The lowest BCUT2D eigenvalue weighted by Crippen LogP contribution is -2.51. The van der Waals surface area contributed by atoms with E-state index in [1.54, 1.807) is 6.92 Å². The van der Waals surface area contributed by atoms with Crippen LogP contribution in [0.4, 0.5) is 5.69 Å². The SMILES string of the molecule is CC(=O)[C@]12CCC[C@H]1C(c1ccccc1)=NN2c1ccccc1. The molecule has 1 fully saturated rings. The van der Waals surface area contributed by atoms with Crippen LogP contribution >= 0.6 is 0 Å². The van der Waals surface area contributed by atoms with Crippen LogP contribution in [0.3, 0.4) is 0 Å². The number of nitrogens with zero attached hydrogens (tertiary/aromatic N) is 2. The van der Waals surface area contributed by atoms with E-state index in [-0.39, 0.29) is 11.7 Å². The molecule has 0 bridgehead atoms. The van der Waals surface area contributed by atoms with E-state index in [0.717, 1.165) is 36.2 Å². The summed E-state index contributed by atoms with van der Waals surface area (Å²) in [5, 5.41) is 6.93. The number of para-hydroxylation sites is 1. The Balaban J connectivity index is 1.88. The average molecular weight is 304 g/mol. The number of Topliss-reactive ketones (excluding diaryl/α,β-unsaturated/α-hetero) is 1. The zero-order chi connectivity index (χ0) is 15.9. The van der Waals surface area contributed by atoms with Crippen molar-refractivity contribution in [3.63, 3.8) is 0 Å². The Labute approximate surface area is 136 Å². The van der Waals surface area contributed by atoms with Crippen LogP contribution in [0.5, 0.6) is 0 Å². The zero-order valence-corrected chi connectivity index (χ0v) is 13.3. The lowest BCUT2D eigenvalue weighted by Gasteiger charge is -2.35. The first-order chi connectivity index (χ1) is 11.2. The lowest BCUT2D eigenvalue weighted by atomic mass is 9.79. The number of ketones is 1. The van der Waals surface area contributed by atoms with Crippen molar-refractivity contribution < 1.29 is 4.79 Å². The summed E-state index contributed by atoms with van der Waals surface area (Å²) >= 11 is 0. The quantitative estimate of drug-likeness (QED) is 0.857. The van der Waals surface area contributed by atoms with Gasteiger partial charge in [-0.3, -0.25) is 9.80 Å². The molecule has 2 aromatic rings. The van der Waals surface area contributed by atoms with Gasteiger partial charge < -0.3 is 0 Å². The number of benzene rings is 2. The Bertz CT molecular complexity index is 754. The molecule has 2 aliphatic rings.